The molecule has 4 nitrogen and oxygen atoms in total. The van der Waals surface area contributed by atoms with E-state index in [1.54, 1.807) is 18.2 Å². The van der Waals surface area contributed by atoms with Crippen LogP contribution in [-0.4, -0.2) is 24.4 Å². The Hall–Kier alpha value is -1.07. The Bertz CT molecular complexity index is 521. The minimum atomic E-state index is -0.447. The molecule has 1 atom stereocenters. The maximum absolute atomic E-state index is 12.4. The van der Waals surface area contributed by atoms with E-state index in [0.717, 1.165) is 10.9 Å². The predicted octanol–water partition coefficient (Wildman–Crippen LogP) is 2.73. The van der Waals surface area contributed by atoms with Gasteiger partial charge in [-0.2, -0.15) is 0 Å². The molecule has 0 spiro atoms. The summed E-state index contributed by atoms with van der Waals surface area (Å²) in [5.74, 6) is -0.241. The summed E-state index contributed by atoms with van der Waals surface area (Å²) in [6.45, 7) is 2.01. The number of benzene rings is 1. The lowest BCUT2D eigenvalue weighted by Crippen LogP contribution is -2.58. The predicted molar refractivity (Wildman–Crippen MR) is 78.3 cm³/mol. The first kappa shape index (κ1) is 14.3. The van der Waals surface area contributed by atoms with Gasteiger partial charge in [0.15, 0.2) is 0 Å². The molecule has 1 aromatic carbocycles. The van der Waals surface area contributed by atoms with Crippen LogP contribution in [0.1, 0.15) is 19.8 Å². The van der Waals surface area contributed by atoms with Crippen LogP contribution in [0.25, 0.3) is 0 Å². The molecule has 102 valence electrons. The number of carbonyl (C=O) groups is 2. The molecular weight excluding hydrogens is 332 g/mol. The van der Waals surface area contributed by atoms with Crippen LogP contribution in [0.3, 0.4) is 0 Å². The molecular formula is C13H14BrClN2O2. The third kappa shape index (κ3) is 3.09. The van der Waals surface area contributed by atoms with E-state index in [0.29, 0.717) is 17.1 Å². The summed E-state index contributed by atoms with van der Waals surface area (Å²) in [5.41, 5.74) is 0.633. The maximum Gasteiger partial charge on any atom is 0.250 e. The summed E-state index contributed by atoms with van der Waals surface area (Å²) in [6.07, 6.45) is 1.47. The number of halogens is 2. The van der Waals surface area contributed by atoms with Crippen molar-refractivity contribution in [1.82, 2.24) is 5.32 Å². The molecule has 1 unspecified atom stereocenters. The van der Waals surface area contributed by atoms with Gasteiger partial charge < -0.3 is 10.2 Å². The number of piperazine rings is 1. The van der Waals surface area contributed by atoms with Gasteiger partial charge in [-0.3, -0.25) is 9.59 Å². The molecule has 0 aromatic heterocycles. The highest BCUT2D eigenvalue weighted by molar-refractivity contribution is 9.10. The zero-order valence-corrected chi connectivity index (χ0v) is 12.8. The second-order valence-electron chi connectivity index (χ2n) is 4.43. The van der Waals surface area contributed by atoms with Crippen LogP contribution in [0.4, 0.5) is 5.69 Å². The van der Waals surface area contributed by atoms with Gasteiger partial charge in [0, 0.05) is 9.50 Å². The van der Waals surface area contributed by atoms with Gasteiger partial charge in [0.05, 0.1) is 5.69 Å². The highest BCUT2D eigenvalue weighted by Gasteiger charge is 2.33. The van der Waals surface area contributed by atoms with Crippen molar-refractivity contribution in [3.05, 3.63) is 27.7 Å². The van der Waals surface area contributed by atoms with Crippen LogP contribution in [0.15, 0.2) is 22.7 Å². The molecule has 1 fully saturated rings. The van der Waals surface area contributed by atoms with Crippen molar-refractivity contribution in [3.8, 4) is 0 Å². The minimum absolute atomic E-state index is 0.0258. The van der Waals surface area contributed by atoms with E-state index in [4.69, 9.17) is 11.6 Å². The molecule has 1 heterocycles. The number of rotatable bonds is 3. The highest BCUT2D eigenvalue weighted by atomic mass is 79.9. The van der Waals surface area contributed by atoms with Crippen molar-refractivity contribution in [1.29, 1.82) is 0 Å². The van der Waals surface area contributed by atoms with Crippen LogP contribution < -0.4 is 10.2 Å². The fourth-order valence-corrected chi connectivity index (χ4v) is 2.72. The average molecular weight is 346 g/mol. The van der Waals surface area contributed by atoms with Crippen molar-refractivity contribution in [2.75, 3.05) is 11.4 Å². The minimum Gasteiger partial charge on any atom is -0.343 e. The first-order valence-electron chi connectivity index (χ1n) is 6.08. The number of anilines is 1. The average Bonchev–Trinajstić information content (AvgIpc) is 2.37. The number of hydrogen-bond donors (Lipinski definition) is 1. The molecule has 1 saturated heterocycles. The van der Waals surface area contributed by atoms with E-state index in [-0.39, 0.29) is 18.4 Å². The largest absolute Gasteiger partial charge is 0.343 e. The van der Waals surface area contributed by atoms with Crippen LogP contribution >= 0.6 is 27.5 Å². The summed E-state index contributed by atoms with van der Waals surface area (Å²) < 4.78 is 0.746. The van der Waals surface area contributed by atoms with Crippen molar-refractivity contribution in [2.45, 2.75) is 25.8 Å². The number of carbonyl (C=O) groups excluding carboxylic acids is 2. The molecule has 6 heteroatoms. The fourth-order valence-electron chi connectivity index (χ4n) is 2.09. The zero-order chi connectivity index (χ0) is 14.0. The molecule has 0 radical (unpaired) electrons. The summed E-state index contributed by atoms with van der Waals surface area (Å²) >= 11 is 9.35. The van der Waals surface area contributed by atoms with E-state index >= 15 is 0 Å². The van der Waals surface area contributed by atoms with Crippen molar-refractivity contribution in [2.24, 2.45) is 0 Å². The molecule has 0 saturated carbocycles. The Morgan fingerprint density at radius 1 is 1.47 bits per heavy atom. The number of nitrogens with one attached hydrogen (secondary N) is 1. The highest BCUT2D eigenvalue weighted by Crippen LogP contribution is 2.30. The normalized spacial score (nSPS) is 19.5. The van der Waals surface area contributed by atoms with Gasteiger partial charge in [-0.05, 0) is 40.5 Å². The Kier molecular flexibility index (Phi) is 4.47. The molecule has 1 aliphatic rings. The lowest BCUT2D eigenvalue weighted by atomic mass is 10.1. The van der Waals surface area contributed by atoms with Gasteiger partial charge >= 0.3 is 0 Å². The number of amides is 2. The van der Waals surface area contributed by atoms with Gasteiger partial charge in [0.2, 0.25) is 11.8 Å². The SMILES string of the molecule is CCCC1NC(=O)CN(c2cc(Cl)ccc2Br)C1=O. The second kappa shape index (κ2) is 5.92. The Morgan fingerprint density at radius 2 is 2.21 bits per heavy atom. The van der Waals surface area contributed by atoms with Gasteiger partial charge in [-0.1, -0.05) is 24.9 Å². The van der Waals surface area contributed by atoms with Gasteiger partial charge in [-0.25, -0.2) is 0 Å². The van der Waals surface area contributed by atoms with Gasteiger partial charge in [0.25, 0.3) is 0 Å². The van der Waals surface area contributed by atoms with Crippen LogP contribution in [0, 0.1) is 0 Å². The van der Waals surface area contributed by atoms with E-state index in [2.05, 4.69) is 21.2 Å². The Labute approximate surface area is 125 Å². The Balaban J connectivity index is 2.34. The van der Waals surface area contributed by atoms with Gasteiger partial charge in [-0.15, -0.1) is 0 Å². The molecule has 1 aliphatic heterocycles. The quantitative estimate of drug-likeness (QED) is 0.916. The van der Waals surface area contributed by atoms with E-state index < -0.39 is 6.04 Å². The van der Waals surface area contributed by atoms with E-state index in [9.17, 15) is 9.59 Å². The standard InChI is InChI=1S/C13H14BrClN2O2/c1-2-3-10-13(19)17(7-12(18)16-10)11-6-8(15)4-5-9(11)14/h4-6,10H,2-3,7H2,1H3,(H,16,18). The lowest BCUT2D eigenvalue weighted by Gasteiger charge is -2.33. The number of nitrogens with zero attached hydrogens (tertiary/aromatic N) is 1. The van der Waals surface area contributed by atoms with E-state index in [1.165, 1.54) is 4.90 Å². The molecule has 1 aromatic rings. The van der Waals surface area contributed by atoms with E-state index in [1.807, 2.05) is 6.92 Å². The number of hydrogen-bond acceptors (Lipinski definition) is 2. The zero-order valence-electron chi connectivity index (χ0n) is 10.5. The van der Waals surface area contributed by atoms with Crippen LogP contribution in [-0.2, 0) is 9.59 Å². The monoisotopic (exact) mass is 344 g/mol. The maximum atomic E-state index is 12.4. The Morgan fingerprint density at radius 3 is 2.89 bits per heavy atom. The third-order valence-electron chi connectivity index (χ3n) is 2.98. The third-order valence-corrected chi connectivity index (χ3v) is 3.88. The molecule has 2 amide bonds. The van der Waals surface area contributed by atoms with Gasteiger partial charge in [0.1, 0.15) is 12.6 Å². The van der Waals surface area contributed by atoms with Crippen molar-refractivity contribution in [3.63, 3.8) is 0 Å². The van der Waals surface area contributed by atoms with Crippen molar-refractivity contribution >= 4 is 45.0 Å². The molecule has 0 aliphatic carbocycles. The van der Waals surface area contributed by atoms with Crippen LogP contribution in [0.5, 0.6) is 0 Å². The molecule has 19 heavy (non-hydrogen) atoms. The fraction of sp³-hybridized carbons (Fsp3) is 0.385. The molecule has 1 N–H and O–H groups in total. The first-order valence-corrected chi connectivity index (χ1v) is 7.25. The van der Waals surface area contributed by atoms with Crippen molar-refractivity contribution < 1.29 is 9.59 Å². The summed E-state index contributed by atoms with van der Waals surface area (Å²) in [6, 6.07) is 4.74. The lowest BCUT2D eigenvalue weighted by molar-refractivity contribution is -0.131. The second-order valence-corrected chi connectivity index (χ2v) is 5.72. The molecule has 0 bridgehead atoms. The molecule has 2 rings (SSSR count). The summed E-state index contributed by atoms with van der Waals surface area (Å²) in [7, 11) is 0. The smallest absolute Gasteiger partial charge is 0.250 e. The summed E-state index contributed by atoms with van der Waals surface area (Å²) in [5, 5.41) is 3.25. The topological polar surface area (TPSA) is 49.4 Å². The van der Waals surface area contributed by atoms with Crippen LogP contribution in [0.2, 0.25) is 5.02 Å². The first-order chi connectivity index (χ1) is 9.02. The summed E-state index contributed by atoms with van der Waals surface area (Å²) in [4.78, 5) is 25.6.